The number of phenols is 1. The lowest BCUT2D eigenvalue weighted by Gasteiger charge is -2.28. The van der Waals surface area contributed by atoms with E-state index in [9.17, 15) is 9.90 Å². The molecule has 2 N–H and O–H groups in total. The minimum absolute atomic E-state index is 0.156. The molecule has 0 radical (unpaired) electrons. The molecule has 19 heavy (non-hydrogen) atoms. The molecule has 0 aromatic heterocycles. The number of halogens is 2. The van der Waals surface area contributed by atoms with Crippen molar-refractivity contribution in [3.63, 3.8) is 0 Å². The third-order valence-corrected chi connectivity index (χ3v) is 4.35. The second kappa shape index (κ2) is 4.44. The Hall–Kier alpha value is -1.17. The van der Waals surface area contributed by atoms with Crippen LogP contribution in [0.4, 0.5) is 4.79 Å². The summed E-state index contributed by atoms with van der Waals surface area (Å²) in [7, 11) is 0. The molecule has 3 rings (SSSR count). The highest BCUT2D eigenvalue weighted by molar-refractivity contribution is 6.37. The molecule has 5 nitrogen and oxygen atoms in total. The molecular formula is C12H11Cl2NO4. The van der Waals surface area contributed by atoms with Gasteiger partial charge in [0.1, 0.15) is 0 Å². The number of aromatic hydroxyl groups is 1. The van der Waals surface area contributed by atoms with E-state index in [0.717, 1.165) is 11.1 Å². The van der Waals surface area contributed by atoms with Crippen molar-refractivity contribution in [3.8, 4) is 5.75 Å². The van der Waals surface area contributed by atoms with Crippen LogP contribution < -0.4 is 0 Å². The van der Waals surface area contributed by atoms with Crippen LogP contribution in [-0.4, -0.2) is 40.4 Å². The van der Waals surface area contributed by atoms with Gasteiger partial charge in [0.25, 0.3) is 0 Å². The third kappa shape index (κ3) is 1.93. The monoisotopic (exact) mass is 303 g/mol. The van der Waals surface area contributed by atoms with Gasteiger partial charge < -0.3 is 19.8 Å². The van der Waals surface area contributed by atoms with Crippen molar-refractivity contribution in [2.45, 2.75) is 18.6 Å². The maximum Gasteiger partial charge on any atom is 0.407 e. The summed E-state index contributed by atoms with van der Waals surface area (Å²) in [5.74, 6) is -0.313. The quantitative estimate of drug-likeness (QED) is 0.773. The summed E-state index contributed by atoms with van der Waals surface area (Å²) in [6, 6.07) is 1.62. The summed E-state index contributed by atoms with van der Waals surface area (Å²) in [6.07, 6.45) is -1.20. The number of phenolic OH excluding ortho intramolecular Hbond substituents is 1. The fraction of sp³-hybridized carbons (Fsp3) is 0.417. The van der Waals surface area contributed by atoms with Gasteiger partial charge in [0.15, 0.2) is 5.75 Å². The predicted octanol–water partition coefficient (Wildman–Crippen LogP) is 2.68. The van der Waals surface area contributed by atoms with Crippen molar-refractivity contribution < 1.29 is 19.7 Å². The highest BCUT2D eigenvalue weighted by atomic mass is 35.5. The van der Waals surface area contributed by atoms with E-state index >= 15 is 0 Å². The first kappa shape index (κ1) is 12.8. The number of fused-ring (bicyclic) bond motifs is 3. The van der Waals surface area contributed by atoms with E-state index in [1.807, 2.05) is 0 Å². The fourth-order valence-corrected chi connectivity index (χ4v) is 3.40. The number of nitrogens with zero attached hydrogens (tertiary/aromatic N) is 1. The summed E-state index contributed by atoms with van der Waals surface area (Å²) in [5.41, 5.74) is 1.56. The highest BCUT2D eigenvalue weighted by Gasteiger charge is 2.42. The van der Waals surface area contributed by atoms with Gasteiger partial charge in [-0.3, -0.25) is 0 Å². The lowest BCUT2D eigenvalue weighted by atomic mass is 9.89. The molecule has 2 atom stereocenters. The van der Waals surface area contributed by atoms with E-state index in [4.69, 9.17) is 33.0 Å². The van der Waals surface area contributed by atoms with Crippen LogP contribution in [0.2, 0.25) is 10.0 Å². The van der Waals surface area contributed by atoms with Gasteiger partial charge in [0, 0.05) is 12.5 Å². The van der Waals surface area contributed by atoms with E-state index in [-0.39, 0.29) is 27.8 Å². The van der Waals surface area contributed by atoms with Crippen LogP contribution >= 0.6 is 23.2 Å². The van der Waals surface area contributed by atoms with Gasteiger partial charge in [0.2, 0.25) is 0 Å². The van der Waals surface area contributed by atoms with Gasteiger partial charge in [-0.25, -0.2) is 4.79 Å². The van der Waals surface area contributed by atoms with Crippen LogP contribution in [0.3, 0.4) is 0 Å². The normalized spacial score (nSPS) is 25.1. The average Bonchev–Trinajstić information content (AvgIpc) is 2.79. The zero-order valence-electron chi connectivity index (χ0n) is 9.77. The number of rotatable bonds is 0. The first-order valence-electron chi connectivity index (χ1n) is 5.78. The van der Waals surface area contributed by atoms with Crippen molar-refractivity contribution in [2.24, 2.45) is 0 Å². The molecular weight excluding hydrogens is 293 g/mol. The van der Waals surface area contributed by atoms with Crippen molar-refractivity contribution >= 4 is 29.3 Å². The second-order valence-corrected chi connectivity index (χ2v) is 5.52. The predicted molar refractivity (Wildman–Crippen MR) is 69.0 cm³/mol. The smallest absolute Gasteiger partial charge is 0.407 e. The molecule has 1 aromatic rings. The van der Waals surface area contributed by atoms with E-state index in [1.165, 1.54) is 4.90 Å². The number of hydrogen-bond donors (Lipinski definition) is 2. The van der Waals surface area contributed by atoms with Crippen LogP contribution in [0.25, 0.3) is 0 Å². The van der Waals surface area contributed by atoms with Gasteiger partial charge in [0.05, 0.1) is 29.3 Å². The molecule has 2 heterocycles. The van der Waals surface area contributed by atoms with Crippen LogP contribution in [0.15, 0.2) is 6.07 Å². The SMILES string of the molecule is O=C(O)N1CC2OCc3cc(Cl)c(O)c(Cl)c3C2C1. The lowest BCUT2D eigenvalue weighted by Crippen LogP contribution is -2.29. The first-order chi connectivity index (χ1) is 8.99. The standard InChI is InChI=1S/C12H11Cl2NO4/c13-7-1-5-4-19-8-3-15(12(17)18)2-6(8)9(5)10(14)11(7)16/h1,6,8,16H,2-4H2,(H,17,18). The largest absolute Gasteiger partial charge is 0.505 e. The molecule has 2 aliphatic rings. The zero-order valence-corrected chi connectivity index (χ0v) is 11.3. The summed E-state index contributed by atoms with van der Waals surface area (Å²) in [4.78, 5) is 12.3. The lowest BCUT2D eigenvalue weighted by molar-refractivity contribution is 0.0254. The Bertz CT molecular complexity index is 563. The Morgan fingerprint density at radius 2 is 2.16 bits per heavy atom. The molecule has 0 bridgehead atoms. The van der Waals surface area contributed by atoms with Crippen LogP contribution in [0.5, 0.6) is 5.75 Å². The number of carbonyl (C=O) groups is 1. The maximum atomic E-state index is 11.0. The number of carboxylic acid groups (broad SMARTS) is 1. The molecule has 0 spiro atoms. The average molecular weight is 304 g/mol. The zero-order chi connectivity index (χ0) is 13.7. The van der Waals surface area contributed by atoms with Crippen LogP contribution in [0.1, 0.15) is 17.0 Å². The van der Waals surface area contributed by atoms with Crippen molar-refractivity contribution in [2.75, 3.05) is 13.1 Å². The molecule has 1 saturated heterocycles. The third-order valence-electron chi connectivity index (χ3n) is 3.68. The van der Waals surface area contributed by atoms with E-state index in [0.29, 0.717) is 19.7 Å². The Labute approximate surface area is 119 Å². The molecule has 7 heteroatoms. The van der Waals surface area contributed by atoms with Crippen LogP contribution in [0, 0.1) is 0 Å². The molecule has 0 saturated carbocycles. The number of amides is 1. The van der Waals surface area contributed by atoms with E-state index in [1.54, 1.807) is 6.07 Å². The Balaban J connectivity index is 2.05. The molecule has 2 aliphatic heterocycles. The Morgan fingerprint density at radius 1 is 1.42 bits per heavy atom. The molecule has 1 fully saturated rings. The summed E-state index contributed by atoms with van der Waals surface area (Å²) in [5, 5.41) is 19.2. The summed E-state index contributed by atoms with van der Waals surface area (Å²) in [6.45, 7) is 0.955. The van der Waals surface area contributed by atoms with Gasteiger partial charge in [-0.1, -0.05) is 23.2 Å². The van der Waals surface area contributed by atoms with E-state index in [2.05, 4.69) is 0 Å². The summed E-state index contributed by atoms with van der Waals surface area (Å²) < 4.78 is 5.65. The number of hydrogen-bond acceptors (Lipinski definition) is 3. The first-order valence-corrected chi connectivity index (χ1v) is 6.54. The second-order valence-electron chi connectivity index (χ2n) is 4.74. The number of ether oxygens (including phenoxy) is 1. The van der Waals surface area contributed by atoms with Crippen LogP contribution in [-0.2, 0) is 11.3 Å². The fourth-order valence-electron chi connectivity index (χ4n) is 2.77. The van der Waals surface area contributed by atoms with Gasteiger partial charge >= 0.3 is 6.09 Å². The number of likely N-dealkylation sites (tertiary alicyclic amines) is 1. The molecule has 1 aromatic carbocycles. The summed E-state index contributed by atoms with van der Waals surface area (Å²) >= 11 is 12.0. The van der Waals surface area contributed by atoms with Crippen molar-refractivity contribution in [1.82, 2.24) is 4.90 Å². The van der Waals surface area contributed by atoms with Gasteiger partial charge in [-0.2, -0.15) is 0 Å². The minimum Gasteiger partial charge on any atom is -0.505 e. The Kier molecular flexibility index (Phi) is 3.00. The van der Waals surface area contributed by atoms with Gasteiger partial charge in [-0.15, -0.1) is 0 Å². The molecule has 0 aliphatic carbocycles. The molecule has 2 unspecified atom stereocenters. The van der Waals surface area contributed by atoms with Crippen molar-refractivity contribution in [1.29, 1.82) is 0 Å². The highest BCUT2D eigenvalue weighted by Crippen LogP contribution is 2.46. The Morgan fingerprint density at radius 3 is 2.84 bits per heavy atom. The van der Waals surface area contributed by atoms with Crippen molar-refractivity contribution in [3.05, 3.63) is 27.2 Å². The van der Waals surface area contributed by atoms with Gasteiger partial charge in [-0.05, 0) is 17.2 Å². The number of benzene rings is 1. The van der Waals surface area contributed by atoms with E-state index < -0.39 is 6.09 Å². The molecule has 1 amide bonds. The molecule has 102 valence electrons. The minimum atomic E-state index is -0.978. The maximum absolute atomic E-state index is 11.0. The topological polar surface area (TPSA) is 70.0 Å².